The van der Waals surface area contributed by atoms with Crippen LogP contribution in [0.4, 0.5) is 4.79 Å². The lowest BCUT2D eigenvalue weighted by Gasteiger charge is -2.38. The minimum atomic E-state index is -0.936. The van der Waals surface area contributed by atoms with Crippen LogP contribution in [0.1, 0.15) is 66.2 Å². The SMILES string of the molecule is CCOC(OC)O[C@H]([C@H](CC1CCCCC1)NC(=O)OC(C)(C)C)[C@@H](O)CN1CCOCC1. The molecule has 1 saturated heterocycles. The van der Waals surface area contributed by atoms with Crippen LogP contribution >= 0.6 is 0 Å². The van der Waals surface area contributed by atoms with Gasteiger partial charge in [0.25, 0.3) is 6.48 Å². The second kappa shape index (κ2) is 14.4. The molecule has 1 heterocycles. The molecule has 2 fully saturated rings. The van der Waals surface area contributed by atoms with E-state index < -0.39 is 36.4 Å². The fourth-order valence-corrected chi connectivity index (χ4v) is 4.55. The molecule has 0 aromatic rings. The van der Waals surface area contributed by atoms with Crippen LogP contribution in [0.2, 0.25) is 0 Å². The number of amides is 1. The summed E-state index contributed by atoms with van der Waals surface area (Å²) >= 11 is 0. The number of rotatable bonds is 12. The molecule has 194 valence electrons. The maximum absolute atomic E-state index is 12.7. The van der Waals surface area contributed by atoms with Crippen molar-refractivity contribution in [2.45, 2.75) is 96.5 Å². The predicted octanol–water partition coefficient (Wildman–Crippen LogP) is 2.89. The summed E-state index contributed by atoms with van der Waals surface area (Å²) in [6, 6.07) is -0.447. The molecule has 1 unspecified atom stereocenters. The average Bonchev–Trinajstić information content (AvgIpc) is 2.76. The Balaban J connectivity index is 2.21. The number of nitrogens with one attached hydrogen (secondary N) is 1. The summed E-state index contributed by atoms with van der Waals surface area (Å²) in [6.07, 6.45) is 4.44. The number of hydrogen-bond donors (Lipinski definition) is 2. The van der Waals surface area contributed by atoms with Gasteiger partial charge in [0.05, 0.1) is 25.4 Å². The molecule has 0 spiro atoms. The summed E-state index contributed by atoms with van der Waals surface area (Å²) in [4.78, 5) is 14.9. The number of ether oxygens (including phenoxy) is 5. The molecular weight excluding hydrogens is 428 g/mol. The monoisotopic (exact) mass is 474 g/mol. The average molecular weight is 475 g/mol. The third kappa shape index (κ3) is 10.9. The van der Waals surface area contributed by atoms with Crippen LogP contribution in [0.25, 0.3) is 0 Å². The van der Waals surface area contributed by atoms with E-state index in [9.17, 15) is 9.90 Å². The first-order valence-corrected chi connectivity index (χ1v) is 12.5. The van der Waals surface area contributed by atoms with Gasteiger partial charge in [-0.1, -0.05) is 32.1 Å². The summed E-state index contributed by atoms with van der Waals surface area (Å²) in [6.45, 7) is 10.00. The Labute approximate surface area is 199 Å². The van der Waals surface area contributed by atoms with Crippen molar-refractivity contribution in [3.05, 3.63) is 0 Å². The third-order valence-electron chi connectivity index (χ3n) is 6.10. The van der Waals surface area contributed by atoms with Gasteiger partial charge < -0.3 is 34.1 Å². The molecule has 1 saturated carbocycles. The van der Waals surface area contributed by atoms with E-state index in [0.717, 1.165) is 25.9 Å². The van der Waals surface area contributed by atoms with E-state index in [1.807, 2.05) is 27.7 Å². The van der Waals surface area contributed by atoms with Gasteiger partial charge in [-0.15, -0.1) is 0 Å². The van der Waals surface area contributed by atoms with E-state index >= 15 is 0 Å². The van der Waals surface area contributed by atoms with Crippen molar-refractivity contribution in [1.29, 1.82) is 0 Å². The van der Waals surface area contributed by atoms with E-state index in [0.29, 0.717) is 38.7 Å². The van der Waals surface area contributed by atoms with Gasteiger partial charge in [-0.2, -0.15) is 0 Å². The van der Waals surface area contributed by atoms with Crippen LogP contribution in [0.15, 0.2) is 0 Å². The lowest BCUT2D eigenvalue weighted by molar-refractivity contribution is -0.307. The number of carbonyl (C=O) groups is 1. The molecule has 2 N–H and O–H groups in total. The first-order valence-electron chi connectivity index (χ1n) is 12.5. The first-order chi connectivity index (χ1) is 15.7. The fourth-order valence-electron chi connectivity index (χ4n) is 4.55. The number of methoxy groups -OCH3 is 1. The molecule has 0 radical (unpaired) electrons. The van der Waals surface area contributed by atoms with Gasteiger partial charge in [0.2, 0.25) is 0 Å². The van der Waals surface area contributed by atoms with Gasteiger partial charge >= 0.3 is 6.09 Å². The van der Waals surface area contributed by atoms with Crippen molar-refractivity contribution in [2.75, 3.05) is 46.6 Å². The Bertz CT molecular complexity index is 545. The molecule has 4 atom stereocenters. The molecule has 1 amide bonds. The Morgan fingerprint density at radius 2 is 1.85 bits per heavy atom. The largest absolute Gasteiger partial charge is 0.444 e. The quantitative estimate of drug-likeness (QED) is 0.417. The van der Waals surface area contributed by atoms with Gasteiger partial charge in [-0.05, 0) is 40.0 Å². The van der Waals surface area contributed by atoms with Crippen LogP contribution in [-0.2, 0) is 23.7 Å². The topological polar surface area (TPSA) is 98.7 Å². The zero-order valence-electron chi connectivity index (χ0n) is 21.2. The lowest BCUT2D eigenvalue weighted by Crippen LogP contribution is -2.56. The van der Waals surface area contributed by atoms with Crippen molar-refractivity contribution in [3.63, 3.8) is 0 Å². The second-order valence-corrected chi connectivity index (χ2v) is 10.1. The summed E-state index contributed by atoms with van der Waals surface area (Å²) in [5, 5.41) is 14.3. The summed E-state index contributed by atoms with van der Waals surface area (Å²) in [5.41, 5.74) is -0.622. The van der Waals surface area contributed by atoms with Gasteiger partial charge in [0, 0.05) is 33.4 Å². The maximum Gasteiger partial charge on any atom is 0.407 e. The standard InChI is InChI=1S/C24H46N2O7/c1-6-31-23(29-5)32-21(20(27)17-26-12-14-30-15-13-26)19(16-18-10-8-7-9-11-18)25-22(28)33-24(2,3)4/h18-21,23,27H,6-17H2,1-5H3,(H,25,28)/t19-,20-,21+,23?/m0/s1. The van der Waals surface area contributed by atoms with Crippen molar-refractivity contribution in [3.8, 4) is 0 Å². The number of aliphatic hydroxyl groups excluding tert-OH is 1. The van der Waals surface area contributed by atoms with Crippen LogP contribution in [0.5, 0.6) is 0 Å². The Hall–Kier alpha value is -0.970. The fraction of sp³-hybridized carbons (Fsp3) is 0.958. The van der Waals surface area contributed by atoms with Crippen molar-refractivity contribution < 1.29 is 33.6 Å². The first kappa shape index (κ1) is 28.3. The highest BCUT2D eigenvalue weighted by atomic mass is 16.8. The van der Waals surface area contributed by atoms with E-state index in [1.54, 1.807) is 0 Å². The molecule has 9 heteroatoms. The van der Waals surface area contributed by atoms with E-state index in [2.05, 4.69) is 10.2 Å². The Morgan fingerprint density at radius 1 is 1.18 bits per heavy atom. The van der Waals surface area contributed by atoms with Crippen molar-refractivity contribution in [2.24, 2.45) is 5.92 Å². The molecule has 2 rings (SSSR count). The third-order valence-corrected chi connectivity index (χ3v) is 6.10. The zero-order valence-corrected chi connectivity index (χ0v) is 21.2. The Kier molecular flexibility index (Phi) is 12.4. The number of aliphatic hydroxyl groups is 1. The predicted molar refractivity (Wildman–Crippen MR) is 125 cm³/mol. The number of morpholine rings is 1. The maximum atomic E-state index is 12.7. The highest BCUT2D eigenvalue weighted by Gasteiger charge is 2.37. The van der Waals surface area contributed by atoms with Gasteiger partial charge in [0.1, 0.15) is 11.7 Å². The highest BCUT2D eigenvalue weighted by Crippen LogP contribution is 2.29. The van der Waals surface area contributed by atoms with Crippen LogP contribution < -0.4 is 5.32 Å². The highest BCUT2D eigenvalue weighted by molar-refractivity contribution is 5.68. The minimum Gasteiger partial charge on any atom is -0.444 e. The molecule has 9 nitrogen and oxygen atoms in total. The summed E-state index contributed by atoms with van der Waals surface area (Å²) < 4.78 is 28.0. The lowest BCUT2D eigenvalue weighted by atomic mass is 9.83. The van der Waals surface area contributed by atoms with E-state index in [-0.39, 0.29) is 0 Å². The second-order valence-electron chi connectivity index (χ2n) is 10.1. The van der Waals surface area contributed by atoms with Crippen molar-refractivity contribution >= 4 is 6.09 Å². The number of carbonyl (C=O) groups excluding carboxylic acids is 1. The minimum absolute atomic E-state index is 0.400. The van der Waals surface area contributed by atoms with Gasteiger partial charge in [-0.3, -0.25) is 4.90 Å². The van der Waals surface area contributed by atoms with E-state index in [1.165, 1.54) is 26.4 Å². The van der Waals surface area contributed by atoms with Crippen LogP contribution in [0, 0.1) is 5.92 Å². The molecule has 2 aliphatic rings. The number of alkyl carbamates (subject to hydrolysis) is 1. The Morgan fingerprint density at radius 3 is 2.42 bits per heavy atom. The van der Waals surface area contributed by atoms with Gasteiger partial charge in [0.15, 0.2) is 0 Å². The van der Waals surface area contributed by atoms with Crippen LogP contribution in [0.3, 0.4) is 0 Å². The number of hydrogen-bond acceptors (Lipinski definition) is 8. The number of nitrogens with zero attached hydrogens (tertiary/aromatic N) is 1. The smallest absolute Gasteiger partial charge is 0.407 e. The summed E-state index contributed by atoms with van der Waals surface area (Å²) in [5.74, 6) is 0.452. The van der Waals surface area contributed by atoms with E-state index in [4.69, 9.17) is 23.7 Å². The molecule has 0 bridgehead atoms. The molecule has 1 aliphatic carbocycles. The zero-order chi connectivity index (χ0) is 24.3. The molecule has 0 aromatic carbocycles. The number of β-amino-alcohol motifs (C(OH)–C–C–N with tert-alkyl or cyclic N) is 1. The van der Waals surface area contributed by atoms with Gasteiger partial charge in [-0.25, -0.2) is 4.79 Å². The van der Waals surface area contributed by atoms with Crippen LogP contribution in [-0.4, -0.2) is 93.0 Å². The molecular formula is C24H46N2O7. The normalized spacial score (nSPS) is 22.4. The summed E-state index contributed by atoms with van der Waals surface area (Å²) in [7, 11) is 1.50. The molecule has 1 aliphatic heterocycles. The molecule has 33 heavy (non-hydrogen) atoms. The molecule has 0 aromatic heterocycles. The van der Waals surface area contributed by atoms with Crippen molar-refractivity contribution in [1.82, 2.24) is 10.2 Å².